The number of ether oxygens (including phenoxy) is 4. The van der Waals surface area contributed by atoms with Gasteiger partial charge in [-0.15, -0.1) is 0 Å². The van der Waals surface area contributed by atoms with E-state index in [0.717, 1.165) is 22.3 Å². The highest BCUT2D eigenvalue weighted by Gasteiger charge is 2.31. The average Bonchev–Trinajstić information content (AvgIpc) is 3.18. The molecule has 3 aromatic rings. The molecule has 34 heavy (non-hydrogen) atoms. The second-order valence-electron chi connectivity index (χ2n) is 7.69. The Hall–Kier alpha value is -4.20. The summed E-state index contributed by atoms with van der Waals surface area (Å²) in [6, 6.07) is 17.5. The van der Waals surface area contributed by atoms with Gasteiger partial charge in [-0.05, 0) is 28.3 Å². The standard InChI is InChI=1S/C26H25NO7/c1-31-21-13-23(33-3)22(32-2)12-19(21)24(25(28)29)27-26(30)34-14-20-17-10-6-4-8-15(17)16-9-5-7-11-18(16)20/h4-13,20,24H,14H2,1-3H3,(H,27,30)(H,28,29). The largest absolute Gasteiger partial charge is 0.496 e. The second-order valence-corrected chi connectivity index (χ2v) is 7.69. The van der Waals surface area contributed by atoms with Crippen molar-refractivity contribution >= 4 is 12.1 Å². The quantitative estimate of drug-likeness (QED) is 0.511. The van der Waals surface area contributed by atoms with Crippen LogP contribution in [-0.4, -0.2) is 45.1 Å². The van der Waals surface area contributed by atoms with Gasteiger partial charge in [0, 0.05) is 17.5 Å². The van der Waals surface area contributed by atoms with E-state index in [-0.39, 0.29) is 23.8 Å². The lowest BCUT2D eigenvalue weighted by atomic mass is 9.98. The number of methoxy groups -OCH3 is 3. The van der Waals surface area contributed by atoms with Crippen LogP contribution in [0.2, 0.25) is 0 Å². The molecule has 1 unspecified atom stereocenters. The molecule has 0 fully saturated rings. The van der Waals surface area contributed by atoms with Crippen molar-refractivity contribution in [3.8, 4) is 28.4 Å². The van der Waals surface area contributed by atoms with Crippen LogP contribution in [0, 0.1) is 0 Å². The first-order chi connectivity index (χ1) is 16.5. The van der Waals surface area contributed by atoms with E-state index in [4.69, 9.17) is 18.9 Å². The van der Waals surface area contributed by atoms with Gasteiger partial charge < -0.3 is 29.4 Å². The Morgan fingerprint density at radius 2 is 1.38 bits per heavy atom. The number of carbonyl (C=O) groups is 2. The molecule has 0 heterocycles. The Morgan fingerprint density at radius 3 is 1.91 bits per heavy atom. The molecule has 0 aromatic heterocycles. The highest BCUT2D eigenvalue weighted by Crippen LogP contribution is 2.44. The summed E-state index contributed by atoms with van der Waals surface area (Å²) in [4.78, 5) is 24.7. The fourth-order valence-corrected chi connectivity index (χ4v) is 4.31. The summed E-state index contributed by atoms with van der Waals surface area (Å²) in [5, 5.41) is 12.3. The highest BCUT2D eigenvalue weighted by atomic mass is 16.5. The van der Waals surface area contributed by atoms with Gasteiger partial charge in [-0.25, -0.2) is 9.59 Å². The minimum Gasteiger partial charge on any atom is -0.496 e. The van der Waals surface area contributed by atoms with Crippen molar-refractivity contribution in [2.75, 3.05) is 27.9 Å². The van der Waals surface area contributed by atoms with Crippen LogP contribution in [-0.2, 0) is 9.53 Å². The summed E-state index contributed by atoms with van der Waals surface area (Å²) in [6.07, 6.45) is -0.855. The van der Waals surface area contributed by atoms with E-state index in [1.165, 1.54) is 33.5 Å². The van der Waals surface area contributed by atoms with Gasteiger partial charge in [-0.1, -0.05) is 48.5 Å². The Kier molecular flexibility index (Phi) is 6.58. The molecule has 0 saturated heterocycles. The number of amides is 1. The molecule has 1 aliphatic carbocycles. The summed E-state index contributed by atoms with van der Waals surface area (Å²) in [5.41, 5.74) is 4.53. The first-order valence-corrected chi connectivity index (χ1v) is 10.6. The highest BCUT2D eigenvalue weighted by molar-refractivity contribution is 5.83. The van der Waals surface area contributed by atoms with Crippen LogP contribution in [0.5, 0.6) is 17.2 Å². The molecule has 0 saturated carbocycles. The van der Waals surface area contributed by atoms with Crippen LogP contribution in [0.3, 0.4) is 0 Å². The summed E-state index contributed by atoms with van der Waals surface area (Å²) >= 11 is 0. The van der Waals surface area contributed by atoms with Crippen LogP contribution in [0.25, 0.3) is 11.1 Å². The van der Waals surface area contributed by atoms with Crippen molar-refractivity contribution in [3.63, 3.8) is 0 Å². The zero-order valence-electron chi connectivity index (χ0n) is 19.0. The molecule has 176 valence electrons. The smallest absolute Gasteiger partial charge is 0.408 e. The number of carboxylic acid groups (broad SMARTS) is 1. The predicted molar refractivity (Wildman–Crippen MR) is 125 cm³/mol. The van der Waals surface area contributed by atoms with E-state index in [0.29, 0.717) is 11.5 Å². The Balaban J connectivity index is 1.54. The zero-order chi connectivity index (χ0) is 24.2. The van der Waals surface area contributed by atoms with Gasteiger partial charge in [0.15, 0.2) is 17.5 Å². The van der Waals surface area contributed by atoms with Crippen LogP contribution in [0.1, 0.15) is 28.7 Å². The van der Waals surface area contributed by atoms with Gasteiger partial charge in [0.25, 0.3) is 0 Å². The third kappa shape index (κ3) is 4.22. The lowest BCUT2D eigenvalue weighted by Crippen LogP contribution is -2.35. The molecule has 3 aromatic carbocycles. The van der Waals surface area contributed by atoms with E-state index in [2.05, 4.69) is 5.32 Å². The summed E-state index contributed by atoms with van der Waals surface area (Å²) in [5.74, 6) is -0.521. The number of carboxylic acids is 1. The number of hydrogen-bond acceptors (Lipinski definition) is 6. The third-order valence-electron chi connectivity index (χ3n) is 5.90. The number of aliphatic carboxylic acids is 1. The van der Waals surface area contributed by atoms with Crippen molar-refractivity contribution < 1.29 is 33.6 Å². The van der Waals surface area contributed by atoms with Gasteiger partial charge in [0.1, 0.15) is 12.4 Å². The maximum absolute atomic E-state index is 12.7. The molecule has 1 atom stereocenters. The molecule has 8 heteroatoms. The van der Waals surface area contributed by atoms with Crippen LogP contribution in [0.4, 0.5) is 4.79 Å². The van der Waals surface area contributed by atoms with Crippen molar-refractivity contribution in [2.24, 2.45) is 0 Å². The van der Waals surface area contributed by atoms with E-state index >= 15 is 0 Å². The van der Waals surface area contributed by atoms with E-state index < -0.39 is 18.1 Å². The van der Waals surface area contributed by atoms with Crippen molar-refractivity contribution in [3.05, 3.63) is 77.4 Å². The van der Waals surface area contributed by atoms with E-state index in [1.54, 1.807) is 0 Å². The number of alkyl carbamates (subject to hydrolysis) is 1. The molecule has 1 aliphatic rings. The minimum absolute atomic E-state index is 0.0647. The van der Waals surface area contributed by atoms with Crippen LogP contribution in [0.15, 0.2) is 60.7 Å². The zero-order valence-corrected chi connectivity index (χ0v) is 19.0. The lowest BCUT2D eigenvalue weighted by Gasteiger charge is -2.20. The topological polar surface area (TPSA) is 103 Å². The monoisotopic (exact) mass is 463 g/mol. The maximum Gasteiger partial charge on any atom is 0.408 e. The summed E-state index contributed by atoms with van der Waals surface area (Å²) in [6.45, 7) is 0.0647. The summed E-state index contributed by atoms with van der Waals surface area (Å²) in [7, 11) is 4.29. The first-order valence-electron chi connectivity index (χ1n) is 10.6. The van der Waals surface area contributed by atoms with E-state index in [9.17, 15) is 14.7 Å². The Bertz CT molecular complexity index is 1180. The van der Waals surface area contributed by atoms with Gasteiger partial charge >= 0.3 is 12.1 Å². The Labute approximate surface area is 197 Å². The van der Waals surface area contributed by atoms with Crippen molar-refractivity contribution in [1.82, 2.24) is 5.32 Å². The Morgan fingerprint density at radius 1 is 0.853 bits per heavy atom. The fraction of sp³-hybridized carbons (Fsp3) is 0.231. The number of carbonyl (C=O) groups excluding carboxylic acids is 1. The number of rotatable bonds is 8. The maximum atomic E-state index is 12.7. The molecule has 0 radical (unpaired) electrons. The first kappa shape index (κ1) is 23.0. The van der Waals surface area contributed by atoms with Gasteiger partial charge in [0.2, 0.25) is 0 Å². The van der Waals surface area contributed by atoms with Crippen LogP contribution >= 0.6 is 0 Å². The van der Waals surface area contributed by atoms with Crippen LogP contribution < -0.4 is 19.5 Å². The molecule has 2 N–H and O–H groups in total. The molecule has 0 aliphatic heterocycles. The minimum atomic E-state index is -1.43. The van der Waals surface area contributed by atoms with Crippen molar-refractivity contribution in [1.29, 1.82) is 0 Å². The molecule has 0 spiro atoms. The third-order valence-corrected chi connectivity index (χ3v) is 5.90. The molecule has 8 nitrogen and oxygen atoms in total. The fourth-order valence-electron chi connectivity index (χ4n) is 4.31. The lowest BCUT2D eigenvalue weighted by molar-refractivity contribution is -0.139. The number of hydrogen-bond donors (Lipinski definition) is 2. The predicted octanol–water partition coefficient (Wildman–Crippen LogP) is 4.38. The molecular formula is C26H25NO7. The van der Waals surface area contributed by atoms with Gasteiger partial charge in [-0.2, -0.15) is 0 Å². The number of nitrogens with one attached hydrogen (secondary N) is 1. The molecule has 4 rings (SSSR count). The van der Waals surface area contributed by atoms with Gasteiger partial charge in [0.05, 0.1) is 21.3 Å². The normalized spacial score (nSPS) is 12.8. The van der Waals surface area contributed by atoms with Gasteiger partial charge in [-0.3, -0.25) is 0 Å². The molecule has 1 amide bonds. The second kappa shape index (κ2) is 9.74. The molecular weight excluding hydrogens is 438 g/mol. The molecule has 0 bridgehead atoms. The summed E-state index contributed by atoms with van der Waals surface area (Å²) < 4.78 is 21.4. The van der Waals surface area contributed by atoms with E-state index in [1.807, 2.05) is 48.5 Å². The number of benzene rings is 3. The SMILES string of the molecule is COc1cc(OC)c(C(NC(=O)OCC2c3ccccc3-c3ccccc32)C(=O)O)cc1OC. The average molecular weight is 463 g/mol. The number of fused-ring (bicyclic) bond motifs is 3. The van der Waals surface area contributed by atoms with Crippen molar-refractivity contribution in [2.45, 2.75) is 12.0 Å².